The highest BCUT2D eigenvalue weighted by atomic mass is 32.1. The van der Waals surface area contributed by atoms with Crippen LogP contribution in [0.4, 0.5) is 0 Å². The topological polar surface area (TPSA) is 26.3 Å². The van der Waals surface area contributed by atoms with Gasteiger partial charge in [-0.3, -0.25) is 4.79 Å². The van der Waals surface area contributed by atoms with Crippen molar-refractivity contribution in [2.75, 3.05) is 6.61 Å². The average Bonchev–Trinajstić information content (AvgIpc) is 2.93. The Hall–Kier alpha value is -0.830. The molecule has 114 valence electrons. The van der Waals surface area contributed by atoms with E-state index < -0.39 is 0 Å². The van der Waals surface area contributed by atoms with Crippen molar-refractivity contribution in [2.24, 2.45) is 0 Å². The predicted octanol–water partition coefficient (Wildman–Crippen LogP) is 5.86. The summed E-state index contributed by atoms with van der Waals surface area (Å²) in [5.74, 6) is 0. The van der Waals surface area contributed by atoms with Gasteiger partial charge in [-0.2, -0.15) is 0 Å². The van der Waals surface area contributed by atoms with E-state index in [1.165, 1.54) is 69.1 Å². The predicted molar refractivity (Wildman–Crippen MR) is 87.0 cm³/mol. The van der Waals surface area contributed by atoms with Crippen LogP contribution in [0, 0.1) is 0 Å². The Balaban J connectivity index is 1.84. The van der Waals surface area contributed by atoms with Crippen LogP contribution in [0.15, 0.2) is 12.1 Å². The van der Waals surface area contributed by atoms with Gasteiger partial charge in [-0.25, -0.2) is 0 Å². The van der Waals surface area contributed by atoms with E-state index >= 15 is 0 Å². The SMILES string of the molecule is CCCCCCCCCCCCOc1ccc(C=O)s1. The Bertz CT molecular complexity index is 347. The Labute approximate surface area is 127 Å². The second-order valence-corrected chi connectivity index (χ2v) is 6.38. The van der Waals surface area contributed by atoms with E-state index in [-0.39, 0.29) is 0 Å². The number of thiophene rings is 1. The first-order chi connectivity index (χ1) is 9.86. The van der Waals surface area contributed by atoms with Crippen LogP contribution in [-0.4, -0.2) is 12.9 Å². The molecule has 20 heavy (non-hydrogen) atoms. The highest BCUT2D eigenvalue weighted by Gasteiger charge is 1.99. The molecule has 0 N–H and O–H groups in total. The molecule has 3 heteroatoms. The number of rotatable bonds is 13. The minimum Gasteiger partial charge on any atom is -0.484 e. The molecule has 1 heterocycles. The van der Waals surface area contributed by atoms with Gasteiger partial charge in [0.25, 0.3) is 0 Å². The highest BCUT2D eigenvalue weighted by Crippen LogP contribution is 2.23. The van der Waals surface area contributed by atoms with Crippen molar-refractivity contribution in [3.05, 3.63) is 17.0 Å². The summed E-state index contributed by atoms with van der Waals surface area (Å²) in [7, 11) is 0. The third-order valence-corrected chi connectivity index (χ3v) is 4.38. The zero-order valence-electron chi connectivity index (χ0n) is 12.7. The van der Waals surface area contributed by atoms with Crippen LogP contribution in [0.3, 0.4) is 0 Å². The zero-order chi connectivity index (χ0) is 14.5. The van der Waals surface area contributed by atoms with Crippen molar-refractivity contribution < 1.29 is 9.53 Å². The molecule has 1 aromatic heterocycles. The molecule has 0 aliphatic carbocycles. The fourth-order valence-electron chi connectivity index (χ4n) is 2.24. The maximum Gasteiger partial charge on any atom is 0.174 e. The van der Waals surface area contributed by atoms with Crippen molar-refractivity contribution in [3.8, 4) is 5.06 Å². The van der Waals surface area contributed by atoms with Gasteiger partial charge in [0, 0.05) is 0 Å². The van der Waals surface area contributed by atoms with Crippen molar-refractivity contribution in [1.82, 2.24) is 0 Å². The molecule has 0 saturated heterocycles. The maximum atomic E-state index is 10.5. The van der Waals surface area contributed by atoms with Gasteiger partial charge in [-0.15, -0.1) is 0 Å². The molecule has 0 amide bonds. The summed E-state index contributed by atoms with van der Waals surface area (Å²) in [5, 5.41) is 0.864. The van der Waals surface area contributed by atoms with Crippen molar-refractivity contribution in [2.45, 2.75) is 71.1 Å². The molecule has 0 fully saturated rings. The number of carbonyl (C=O) groups is 1. The van der Waals surface area contributed by atoms with Crippen LogP contribution in [0.1, 0.15) is 80.8 Å². The fraction of sp³-hybridized carbons (Fsp3) is 0.706. The minimum absolute atomic E-state index is 0.739. The molecule has 0 aliphatic heterocycles. The van der Waals surface area contributed by atoms with Crippen molar-refractivity contribution in [3.63, 3.8) is 0 Å². The largest absolute Gasteiger partial charge is 0.484 e. The van der Waals surface area contributed by atoms with E-state index in [1.54, 1.807) is 0 Å². The number of hydrogen-bond acceptors (Lipinski definition) is 3. The Morgan fingerprint density at radius 3 is 2.10 bits per heavy atom. The Kier molecular flexibility index (Phi) is 10.3. The van der Waals surface area contributed by atoms with E-state index in [9.17, 15) is 4.79 Å². The van der Waals surface area contributed by atoms with E-state index in [1.807, 2.05) is 12.1 Å². The number of unbranched alkanes of at least 4 members (excludes halogenated alkanes) is 9. The highest BCUT2D eigenvalue weighted by molar-refractivity contribution is 7.15. The third kappa shape index (κ3) is 8.36. The van der Waals surface area contributed by atoms with Gasteiger partial charge in [0.05, 0.1) is 11.5 Å². The number of aldehydes is 1. The smallest absolute Gasteiger partial charge is 0.174 e. The molecule has 0 spiro atoms. The first-order valence-electron chi connectivity index (χ1n) is 8.04. The second-order valence-electron chi connectivity index (χ2n) is 5.31. The van der Waals surface area contributed by atoms with Crippen LogP contribution >= 0.6 is 11.3 Å². The zero-order valence-corrected chi connectivity index (χ0v) is 13.6. The fourth-order valence-corrected chi connectivity index (χ4v) is 2.93. The van der Waals surface area contributed by atoms with Gasteiger partial charge in [-0.1, -0.05) is 76.0 Å². The molecule has 0 bridgehead atoms. The summed E-state index contributed by atoms with van der Waals surface area (Å²) in [6, 6.07) is 3.69. The lowest BCUT2D eigenvalue weighted by Gasteiger charge is -2.04. The van der Waals surface area contributed by atoms with E-state index in [4.69, 9.17) is 4.74 Å². The maximum absolute atomic E-state index is 10.5. The normalized spacial score (nSPS) is 10.7. The second kappa shape index (κ2) is 12.0. The van der Waals surface area contributed by atoms with Crippen LogP contribution in [-0.2, 0) is 0 Å². The van der Waals surface area contributed by atoms with Gasteiger partial charge in [0.15, 0.2) is 11.3 Å². The molecule has 1 rings (SSSR count). The summed E-state index contributed by atoms with van der Waals surface area (Å²) < 4.78 is 5.62. The van der Waals surface area contributed by atoms with Gasteiger partial charge < -0.3 is 4.74 Å². The third-order valence-electron chi connectivity index (χ3n) is 3.46. The molecule has 0 unspecified atom stereocenters. The lowest BCUT2D eigenvalue weighted by molar-refractivity contribution is 0.112. The lowest BCUT2D eigenvalue weighted by atomic mass is 10.1. The Morgan fingerprint density at radius 2 is 1.55 bits per heavy atom. The minimum atomic E-state index is 0.739. The van der Waals surface area contributed by atoms with Crippen LogP contribution < -0.4 is 4.74 Å². The summed E-state index contributed by atoms with van der Waals surface area (Å²) in [6.07, 6.45) is 14.3. The number of ether oxygens (including phenoxy) is 1. The van der Waals surface area contributed by atoms with Crippen LogP contribution in [0.5, 0.6) is 5.06 Å². The first kappa shape index (κ1) is 17.2. The molecule has 2 nitrogen and oxygen atoms in total. The summed E-state index contributed by atoms with van der Waals surface area (Å²) in [6.45, 7) is 3.04. The summed E-state index contributed by atoms with van der Waals surface area (Å²) >= 11 is 1.42. The number of carbonyl (C=O) groups excluding carboxylic acids is 1. The summed E-state index contributed by atoms with van der Waals surface area (Å²) in [4.78, 5) is 11.3. The quantitative estimate of drug-likeness (QED) is 0.336. The molecule has 0 aromatic carbocycles. The van der Waals surface area contributed by atoms with E-state index in [2.05, 4.69) is 6.92 Å². The molecule has 0 aliphatic rings. The number of hydrogen-bond donors (Lipinski definition) is 0. The van der Waals surface area contributed by atoms with Crippen molar-refractivity contribution in [1.29, 1.82) is 0 Å². The molecule has 0 atom stereocenters. The van der Waals surface area contributed by atoms with Gasteiger partial charge in [0.2, 0.25) is 0 Å². The monoisotopic (exact) mass is 296 g/mol. The standard InChI is InChI=1S/C17H28O2S/c1-2-3-4-5-6-7-8-9-10-11-14-19-17-13-12-16(15-18)20-17/h12-13,15H,2-11,14H2,1H3. The molecular weight excluding hydrogens is 268 g/mol. The van der Waals surface area contributed by atoms with Crippen LogP contribution in [0.25, 0.3) is 0 Å². The molecular formula is C17H28O2S. The molecule has 1 aromatic rings. The summed E-state index contributed by atoms with van der Waals surface area (Å²) in [5.41, 5.74) is 0. The van der Waals surface area contributed by atoms with Gasteiger partial charge in [0.1, 0.15) is 0 Å². The van der Waals surface area contributed by atoms with Crippen molar-refractivity contribution >= 4 is 17.6 Å². The lowest BCUT2D eigenvalue weighted by Crippen LogP contribution is -1.95. The molecule has 0 saturated carbocycles. The molecule has 0 radical (unpaired) electrons. The van der Waals surface area contributed by atoms with Crippen LogP contribution in [0.2, 0.25) is 0 Å². The average molecular weight is 296 g/mol. The van der Waals surface area contributed by atoms with Gasteiger partial charge in [-0.05, 0) is 18.6 Å². The first-order valence-corrected chi connectivity index (χ1v) is 8.86. The van der Waals surface area contributed by atoms with Gasteiger partial charge >= 0.3 is 0 Å². The van der Waals surface area contributed by atoms with E-state index in [0.29, 0.717) is 0 Å². The Morgan fingerprint density at radius 1 is 0.950 bits per heavy atom. The van der Waals surface area contributed by atoms with E-state index in [0.717, 1.165) is 29.3 Å².